The van der Waals surface area contributed by atoms with Crippen molar-refractivity contribution in [3.05, 3.63) is 58.7 Å². The minimum absolute atomic E-state index is 0.115. The van der Waals surface area contributed by atoms with E-state index < -0.39 is 5.97 Å². The molecule has 0 saturated heterocycles. The van der Waals surface area contributed by atoms with Crippen LogP contribution in [-0.4, -0.2) is 38.0 Å². The van der Waals surface area contributed by atoms with Crippen LogP contribution in [0.25, 0.3) is 6.08 Å². The molecule has 36 heavy (non-hydrogen) atoms. The first-order valence-corrected chi connectivity index (χ1v) is 12.4. The zero-order chi connectivity index (χ0) is 25.7. The van der Waals surface area contributed by atoms with Crippen LogP contribution in [0.2, 0.25) is 0 Å². The highest BCUT2D eigenvalue weighted by Crippen LogP contribution is 2.47. The maximum atomic E-state index is 13.5. The number of fused-ring (bicyclic) bond motifs is 2. The molecule has 2 aromatic carbocycles. The van der Waals surface area contributed by atoms with Crippen LogP contribution in [0, 0.1) is 0 Å². The Kier molecular flexibility index (Phi) is 8.08. The maximum absolute atomic E-state index is 13.5. The number of rotatable bonds is 3. The first kappa shape index (κ1) is 25.5. The van der Waals surface area contributed by atoms with Crippen LogP contribution < -0.4 is 14.2 Å². The Morgan fingerprint density at radius 3 is 2.44 bits per heavy atom. The molecule has 2 atom stereocenters. The third kappa shape index (κ3) is 5.61. The molecule has 2 aromatic rings. The molecule has 0 bridgehead atoms. The van der Waals surface area contributed by atoms with Gasteiger partial charge in [-0.25, -0.2) is 4.79 Å². The fourth-order valence-corrected chi connectivity index (χ4v) is 4.83. The van der Waals surface area contributed by atoms with E-state index in [0.29, 0.717) is 66.0 Å². The average molecular weight is 493 g/mol. The number of ether oxygens (including phenoxy) is 4. The second-order valence-corrected chi connectivity index (χ2v) is 9.23. The number of ketones is 1. The number of carbonyl (C=O) groups excluding carboxylic acids is 3. The molecule has 1 unspecified atom stereocenters. The van der Waals surface area contributed by atoms with Gasteiger partial charge < -0.3 is 18.9 Å². The lowest BCUT2D eigenvalue weighted by molar-refractivity contribution is -0.135. The lowest BCUT2D eigenvalue weighted by Gasteiger charge is -2.29. The van der Waals surface area contributed by atoms with Gasteiger partial charge in [0, 0.05) is 24.3 Å². The Hall–Kier alpha value is -3.61. The molecule has 2 aliphatic rings. The van der Waals surface area contributed by atoms with Gasteiger partial charge in [-0.05, 0) is 61.9 Å². The van der Waals surface area contributed by atoms with Crippen molar-refractivity contribution < 1.29 is 33.3 Å². The SMILES string of the molecule is COc1ccc(C2CC(=O)Oc3cc4c(c(OC)c32)C(=O)O[C@@H](C)CCCC(=O)CCCC=C4)cc1. The van der Waals surface area contributed by atoms with Crippen molar-refractivity contribution >= 4 is 23.8 Å². The second-order valence-electron chi connectivity index (χ2n) is 9.23. The van der Waals surface area contributed by atoms with Gasteiger partial charge in [-0.1, -0.05) is 24.3 Å². The summed E-state index contributed by atoms with van der Waals surface area (Å²) in [6.07, 6.45) is 7.20. The predicted octanol–water partition coefficient (Wildman–Crippen LogP) is 5.63. The van der Waals surface area contributed by atoms with E-state index in [2.05, 4.69) is 0 Å². The van der Waals surface area contributed by atoms with Crippen molar-refractivity contribution in [2.24, 2.45) is 0 Å². The predicted molar refractivity (Wildman–Crippen MR) is 135 cm³/mol. The smallest absolute Gasteiger partial charge is 0.342 e. The molecule has 4 rings (SSSR count). The lowest BCUT2D eigenvalue weighted by atomic mass is 9.83. The van der Waals surface area contributed by atoms with Crippen LogP contribution in [-0.2, 0) is 14.3 Å². The molecule has 0 fully saturated rings. The molecule has 2 heterocycles. The van der Waals surface area contributed by atoms with Crippen LogP contribution in [0.5, 0.6) is 17.2 Å². The number of methoxy groups -OCH3 is 2. The first-order valence-electron chi connectivity index (χ1n) is 12.4. The van der Waals surface area contributed by atoms with E-state index in [-0.39, 0.29) is 30.2 Å². The van der Waals surface area contributed by atoms with E-state index in [4.69, 9.17) is 18.9 Å². The van der Waals surface area contributed by atoms with E-state index in [0.717, 1.165) is 12.0 Å². The Labute approximate surface area is 211 Å². The van der Waals surface area contributed by atoms with Gasteiger partial charge in [0.25, 0.3) is 0 Å². The zero-order valence-corrected chi connectivity index (χ0v) is 21.0. The quantitative estimate of drug-likeness (QED) is 0.405. The van der Waals surface area contributed by atoms with E-state index in [1.165, 1.54) is 7.11 Å². The van der Waals surface area contributed by atoms with Gasteiger partial charge in [0.1, 0.15) is 28.6 Å². The summed E-state index contributed by atoms with van der Waals surface area (Å²) in [5.41, 5.74) is 2.39. The largest absolute Gasteiger partial charge is 0.497 e. The number of carbonyl (C=O) groups is 3. The Bertz CT molecular complexity index is 1160. The highest BCUT2D eigenvalue weighted by atomic mass is 16.5. The van der Waals surface area contributed by atoms with Crippen LogP contribution in [0.1, 0.15) is 84.8 Å². The van der Waals surface area contributed by atoms with E-state index >= 15 is 0 Å². The molecule has 0 spiro atoms. The third-order valence-corrected chi connectivity index (χ3v) is 6.68. The zero-order valence-electron chi connectivity index (χ0n) is 21.0. The van der Waals surface area contributed by atoms with Crippen LogP contribution in [0.4, 0.5) is 0 Å². The maximum Gasteiger partial charge on any atom is 0.342 e. The minimum Gasteiger partial charge on any atom is -0.497 e. The lowest BCUT2D eigenvalue weighted by Crippen LogP contribution is -2.24. The molecule has 2 aliphatic heterocycles. The normalized spacial score (nSPS) is 20.9. The number of Topliss-reactive ketones (excluding diaryl/α,β-unsaturated/α-hetero) is 1. The average Bonchev–Trinajstić information content (AvgIpc) is 2.86. The van der Waals surface area contributed by atoms with E-state index in [1.54, 1.807) is 13.2 Å². The molecular formula is C29H32O7. The summed E-state index contributed by atoms with van der Waals surface area (Å²) in [6.45, 7) is 1.83. The molecule has 7 nitrogen and oxygen atoms in total. The van der Waals surface area contributed by atoms with E-state index in [1.807, 2.05) is 43.3 Å². The number of esters is 2. The molecule has 0 amide bonds. The van der Waals surface area contributed by atoms with Gasteiger partial charge in [0.15, 0.2) is 0 Å². The van der Waals surface area contributed by atoms with Crippen LogP contribution in [0.15, 0.2) is 36.4 Å². The Balaban J connectivity index is 1.84. The fourth-order valence-electron chi connectivity index (χ4n) is 4.83. The first-order chi connectivity index (χ1) is 17.4. The molecule has 190 valence electrons. The molecule has 0 saturated carbocycles. The van der Waals surface area contributed by atoms with Crippen LogP contribution in [0.3, 0.4) is 0 Å². The van der Waals surface area contributed by atoms with Gasteiger partial charge in [0.05, 0.1) is 26.7 Å². The third-order valence-electron chi connectivity index (χ3n) is 6.68. The second kappa shape index (κ2) is 11.4. The van der Waals surface area contributed by atoms with Crippen molar-refractivity contribution in [2.45, 2.75) is 63.9 Å². The van der Waals surface area contributed by atoms with Gasteiger partial charge in [-0.3, -0.25) is 9.59 Å². The van der Waals surface area contributed by atoms with Gasteiger partial charge in [-0.2, -0.15) is 0 Å². The summed E-state index contributed by atoms with van der Waals surface area (Å²) in [6, 6.07) is 9.19. The molecule has 0 aromatic heterocycles. The summed E-state index contributed by atoms with van der Waals surface area (Å²) in [5, 5.41) is 0. The van der Waals surface area contributed by atoms with Crippen molar-refractivity contribution in [2.75, 3.05) is 14.2 Å². The van der Waals surface area contributed by atoms with E-state index in [9.17, 15) is 14.4 Å². The summed E-state index contributed by atoms with van der Waals surface area (Å²) < 4.78 is 22.5. The Morgan fingerprint density at radius 1 is 0.972 bits per heavy atom. The van der Waals surface area contributed by atoms with Crippen molar-refractivity contribution in [1.29, 1.82) is 0 Å². The molecule has 0 radical (unpaired) electrons. The summed E-state index contributed by atoms with van der Waals surface area (Å²) in [7, 11) is 3.11. The van der Waals surface area contributed by atoms with Gasteiger partial charge in [0.2, 0.25) is 0 Å². The van der Waals surface area contributed by atoms with Crippen molar-refractivity contribution in [3.8, 4) is 17.2 Å². The van der Waals surface area contributed by atoms with Crippen LogP contribution >= 0.6 is 0 Å². The molecule has 7 heteroatoms. The number of cyclic esters (lactones) is 1. The van der Waals surface area contributed by atoms with Gasteiger partial charge in [-0.15, -0.1) is 0 Å². The molecular weight excluding hydrogens is 460 g/mol. The highest BCUT2D eigenvalue weighted by molar-refractivity contribution is 5.99. The Morgan fingerprint density at radius 2 is 1.72 bits per heavy atom. The highest BCUT2D eigenvalue weighted by Gasteiger charge is 2.36. The van der Waals surface area contributed by atoms with Crippen molar-refractivity contribution in [1.82, 2.24) is 0 Å². The fraction of sp³-hybridized carbons (Fsp3) is 0.414. The topological polar surface area (TPSA) is 88.1 Å². The summed E-state index contributed by atoms with van der Waals surface area (Å²) in [4.78, 5) is 38.1. The number of hydrogen-bond acceptors (Lipinski definition) is 7. The molecule has 0 N–H and O–H groups in total. The summed E-state index contributed by atoms with van der Waals surface area (Å²) >= 11 is 0. The number of allylic oxidation sites excluding steroid dienone is 1. The summed E-state index contributed by atoms with van der Waals surface area (Å²) in [5.74, 6) is 0.426. The van der Waals surface area contributed by atoms with Gasteiger partial charge >= 0.3 is 11.9 Å². The monoisotopic (exact) mass is 492 g/mol. The van der Waals surface area contributed by atoms with Crippen molar-refractivity contribution in [3.63, 3.8) is 0 Å². The standard InChI is InChI=1S/C29H32O7/c1-18-8-7-11-21(30)10-6-4-5-9-20-16-24-27(28(34-3)26(20)29(32)35-18)23(17-25(31)36-24)19-12-14-22(33-2)15-13-19/h5,9,12-16,18,23H,4,6-8,10-11,17H2,1-3H3/t18-,23?/m0/s1. The number of hydrogen-bond donors (Lipinski definition) is 0. The molecule has 0 aliphatic carbocycles. The minimum atomic E-state index is -0.504. The number of benzene rings is 2.